The molecule has 0 amide bonds. The first-order valence-corrected chi connectivity index (χ1v) is 3.95. The van der Waals surface area contributed by atoms with Gasteiger partial charge in [-0.15, -0.1) is 0 Å². The van der Waals surface area contributed by atoms with E-state index in [0.717, 1.165) is 11.4 Å². The van der Waals surface area contributed by atoms with Crippen LogP contribution < -0.4 is 4.74 Å². The van der Waals surface area contributed by atoms with Crippen LogP contribution in [0, 0.1) is 6.33 Å². The molecule has 65 valence electrons. The molecule has 0 bridgehead atoms. The number of hydrogen-bond donors (Lipinski definition) is 0. The van der Waals surface area contributed by atoms with E-state index in [9.17, 15) is 0 Å². The summed E-state index contributed by atoms with van der Waals surface area (Å²) in [6.45, 7) is 0. The third-order valence-electron chi connectivity index (χ3n) is 1.81. The van der Waals surface area contributed by atoms with Crippen LogP contribution in [0.1, 0.15) is 0 Å². The van der Waals surface area contributed by atoms with E-state index in [0.29, 0.717) is 0 Å². The molecule has 0 aliphatic rings. The first-order valence-electron chi connectivity index (χ1n) is 3.95. The van der Waals surface area contributed by atoms with Gasteiger partial charge in [-0.05, 0) is 24.3 Å². The highest BCUT2D eigenvalue weighted by Gasteiger charge is 1.95. The third-order valence-corrected chi connectivity index (χ3v) is 1.81. The second kappa shape index (κ2) is 3.31. The van der Waals surface area contributed by atoms with Crippen LogP contribution in [0.15, 0.2) is 36.7 Å². The van der Waals surface area contributed by atoms with E-state index >= 15 is 0 Å². The van der Waals surface area contributed by atoms with Crippen LogP contribution in [-0.2, 0) is 0 Å². The molecule has 0 saturated heterocycles. The summed E-state index contributed by atoms with van der Waals surface area (Å²) in [5.41, 5.74) is 1.03. The molecule has 0 saturated carbocycles. The molecular weight excluding hydrogens is 164 g/mol. The maximum atomic E-state index is 5.05. The van der Waals surface area contributed by atoms with Crippen molar-refractivity contribution in [2.24, 2.45) is 0 Å². The molecule has 2 rings (SSSR count). The van der Waals surface area contributed by atoms with Crippen LogP contribution in [0.4, 0.5) is 0 Å². The Bertz CT molecular complexity index is 364. The molecule has 3 heteroatoms. The van der Waals surface area contributed by atoms with Gasteiger partial charge in [-0.3, -0.25) is 4.57 Å². The molecule has 0 atom stereocenters. The van der Waals surface area contributed by atoms with Crippen molar-refractivity contribution in [3.05, 3.63) is 43.0 Å². The van der Waals surface area contributed by atoms with E-state index in [4.69, 9.17) is 4.74 Å². The van der Waals surface area contributed by atoms with Gasteiger partial charge in [0.05, 0.1) is 7.11 Å². The molecule has 0 spiro atoms. The Morgan fingerprint density at radius 1 is 1.31 bits per heavy atom. The number of imidazole rings is 1. The summed E-state index contributed by atoms with van der Waals surface area (Å²) in [5, 5.41) is 0. The quantitative estimate of drug-likeness (QED) is 0.690. The van der Waals surface area contributed by atoms with Crippen molar-refractivity contribution in [3.63, 3.8) is 0 Å². The molecule has 3 nitrogen and oxygen atoms in total. The van der Waals surface area contributed by atoms with Gasteiger partial charge in [0.2, 0.25) is 0 Å². The van der Waals surface area contributed by atoms with E-state index in [1.807, 2.05) is 35.0 Å². The molecule has 13 heavy (non-hydrogen) atoms. The topological polar surface area (TPSA) is 27.1 Å². The molecule has 0 N–H and O–H groups in total. The fourth-order valence-corrected chi connectivity index (χ4v) is 1.12. The molecule has 1 heterocycles. The van der Waals surface area contributed by atoms with Gasteiger partial charge in [-0.25, -0.2) is 4.98 Å². The Morgan fingerprint density at radius 2 is 2.08 bits per heavy atom. The monoisotopic (exact) mass is 173 g/mol. The van der Waals surface area contributed by atoms with Gasteiger partial charge in [0.1, 0.15) is 5.75 Å². The summed E-state index contributed by atoms with van der Waals surface area (Å²) >= 11 is 0. The Labute approximate surface area is 76.6 Å². The zero-order valence-corrected chi connectivity index (χ0v) is 7.27. The van der Waals surface area contributed by atoms with Gasteiger partial charge in [0.15, 0.2) is 6.33 Å². The lowest BCUT2D eigenvalue weighted by Gasteiger charge is -2.02. The van der Waals surface area contributed by atoms with Crippen molar-refractivity contribution in [1.29, 1.82) is 0 Å². The van der Waals surface area contributed by atoms with E-state index in [2.05, 4.69) is 11.3 Å². The largest absolute Gasteiger partial charge is 0.497 e. The van der Waals surface area contributed by atoms with Gasteiger partial charge in [0, 0.05) is 18.1 Å². The second-order valence-corrected chi connectivity index (χ2v) is 2.60. The summed E-state index contributed by atoms with van der Waals surface area (Å²) in [6, 6.07) is 7.72. The van der Waals surface area contributed by atoms with Gasteiger partial charge in [0.25, 0.3) is 0 Å². The highest BCUT2D eigenvalue weighted by atomic mass is 16.5. The number of benzene rings is 1. The number of rotatable bonds is 2. The van der Waals surface area contributed by atoms with Crippen molar-refractivity contribution >= 4 is 0 Å². The smallest absolute Gasteiger partial charge is 0.181 e. The zero-order chi connectivity index (χ0) is 9.10. The van der Waals surface area contributed by atoms with Gasteiger partial charge >= 0.3 is 0 Å². The number of hydrogen-bond acceptors (Lipinski definition) is 2. The standard InChI is InChI=1S/C10H9N2O/c1-13-10-4-2-9(3-5-10)12-7-6-11-8-12/h2-7H,1H3. The predicted octanol–water partition coefficient (Wildman–Crippen LogP) is 1.68. The molecule has 2 aromatic rings. The fraction of sp³-hybridized carbons (Fsp3) is 0.100. The number of aromatic nitrogens is 2. The Kier molecular flexibility index (Phi) is 2.00. The number of nitrogens with zero attached hydrogens (tertiary/aromatic N) is 2. The van der Waals surface area contributed by atoms with E-state index in [1.54, 1.807) is 13.3 Å². The molecule has 1 radical (unpaired) electrons. The minimum absolute atomic E-state index is 0.851. The minimum Gasteiger partial charge on any atom is -0.497 e. The van der Waals surface area contributed by atoms with E-state index in [1.165, 1.54) is 0 Å². The summed E-state index contributed by atoms with van der Waals surface area (Å²) in [6.07, 6.45) is 6.36. The summed E-state index contributed by atoms with van der Waals surface area (Å²) in [7, 11) is 1.65. The molecular formula is C10H9N2O. The lowest BCUT2D eigenvalue weighted by Crippen LogP contribution is -1.90. The molecule has 0 aliphatic carbocycles. The van der Waals surface area contributed by atoms with Crippen LogP contribution in [0.5, 0.6) is 5.75 Å². The summed E-state index contributed by atoms with van der Waals surface area (Å²) in [4.78, 5) is 3.85. The maximum absolute atomic E-state index is 5.05. The van der Waals surface area contributed by atoms with Crippen molar-refractivity contribution in [3.8, 4) is 11.4 Å². The van der Waals surface area contributed by atoms with Gasteiger partial charge in [-0.1, -0.05) is 0 Å². The van der Waals surface area contributed by atoms with Crippen LogP contribution in [0.2, 0.25) is 0 Å². The van der Waals surface area contributed by atoms with Crippen LogP contribution >= 0.6 is 0 Å². The SMILES string of the molecule is COc1ccc(-n2[c]ncc2)cc1. The lowest BCUT2D eigenvalue weighted by molar-refractivity contribution is 0.414. The van der Waals surface area contributed by atoms with Gasteiger partial charge < -0.3 is 4.74 Å². The minimum atomic E-state index is 0.851. The van der Waals surface area contributed by atoms with Crippen molar-refractivity contribution < 1.29 is 4.74 Å². The fourth-order valence-electron chi connectivity index (χ4n) is 1.12. The van der Waals surface area contributed by atoms with Crippen molar-refractivity contribution in [2.45, 2.75) is 0 Å². The first-order chi connectivity index (χ1) is 6.40. The zero-order valence-electron chi connectivity index (χ0n) is 7.27. The van der Waals surface area contributed by atoms with Crippen LogP contribution in [-0.4, -0.2) is 16.7 Å². The van der Waals surface area contributed by atoms with Crippen LogP contribution in [0.25, 0.3) is 5.69 Å². The Hall–Kier alpha value is -1.77. The first kappa shape index (κ1) is 7.86. The average molecular weight is 173 g/mol. The molecule has 1 aromatic carbocycles. The van der Waals surface area contributed by atoms with E-state index < -0.39 is 0 Å². The Morgan fingerprint density at radius 3 is 2.62 bits per heavy atom. The highest BCUT2D eigenvalue weighted by molar-refractivity contribution is 5.36. The van der Waals surface area contributed by atoms with Crippen molar-refractivity contribution in [2.75, 3.05) is 7.11 Å². The molecule has 0 fully saturated rings. The van der Waals surface area contributed by atoms with Crippen LogP contribution in [0.3, 0.4) is 0 Å². The summed E-state index contributed by atoms with van der Waals surface area (Å²) < 4.78 is 6.87. The molecule has 1 aromatic heterocycles. The average Bonchev–Trinajstić information content (AvgIpc) is 2.71. The predicted molar refractivity (Wildman–Crippen MR) is 49.0 cm³/mol. The number of methoxy groups -OCH3 is 1. The normalized spacial score (nSPS) is 9.92. The lowest BCUT2D eigenvalue weighted by atomic mass is 10.3. The highest BCUT2D eigenvalue weighted by Crippen LogP contribution is 2.13. The maximum Gasteiger partial charge on any atom is 0.181 e. The Balaban J connectivity index is 2.33. The molecule has 0 aliphatic heterocycles. The summed E-state index contributed by atoms with van der Waals surface area (Å²) in [5.74, 6) is 0.851. The third kappa shape index (κ3) is 1.54. The van der Waals surface area contributed by atoms with Crippen molar-refractivity contribution in [1.82, 2.24) is 9.55 Å². The van der Waals surface area contributed by atoms with E-state index in [-0.39, 0.29) is 0 Å². The number of ether oxygens (including phenoxy) is 1. The second-order valence-electron chi connectivity index (χ2n) is 2.60. The molecule has 0 unspecified atom stereocenters. The van der Waals surface area contributed by atoms with Gasteiger partial charge in [-0.2, -0.15) is 0 Å².